The molecule has 0 aliphatic carbocycles. The summed E-state index contributed by atoms with van der Waals surface area (Å²) in [5, 5.41) is 0. The number of benzene rings is 1. The summed E-state index contributed by atoms with van der Waals surface area (Å²) in [5.41, 5.74) is 1.51. The molecule has 0 N–H and O–H groups in total. The van der Waals surface area contributed by atoms with Gasteiger partial charge in [0.2, 0.25) is 0 Å². The van der Waals surface area contributed by atoms with Crippen molar-refractivity contribution in [3.8, 4) is 5.75 Å². The molecule has 2 aromatic rings. The molecule has 0 saturated heterocycles. The van der Waals surface area contributed by atoms with Gasteiger partial charge in [-0.2, -0.15) is 0 Å². The van der Waals surface area contributed by atoms with Gasteiger partial charge in [0, 0.05) is 5.56 Å². The maximum atomic E-state index is 12.1. The first-order valence-corrected chi connectivity index (χ1v) is 6.61. The highest BCUT2D eigenvalue weighted by atomic mass is 16.5. The first kappa shape index (κ1) is 12.7. The van der Waals surface area contributed by atoms with E-state index in [9.17, 15) is 4.79 Å². The summed E-state index contributed by atoms with van der Waals surface area (Å²) in [4.78, 5) is 16.2. The van der Waals surface area contributed by atoms with E-state index < -0.39 is 0 Å². The Hall–Kier alpha value is -2.30. The first-order chi connectivity index (χ1) is 9.66. The Morgan fingerprint density at radius 1 is 1.45 bits per heavy atom. The van der Waals surface area contributed by atoms with Gasteiger partial charge in [-0.25, -0.2) is 9.78 Å². The highest BCUT2D eigenvalue weighted by molar-refractivity contribution is 5.87. The summed E-state index contributed by atoms with van der Waals surface area (Å²) < 4.78 is 12.7. The van der Waals surface area contributed by atoms with Gasteiger partial charge in [-0.3, -0.25) is 0 Å². The number of fused-ring (bicyclic) bond motifs is 1. The number of esters is 1. The summed E-state index contributed by atoms with van der Waals surface area (Å²) in [6.07, 6.45) is 3.02. The zero-order chi connectivity index (χ0) is 14.1. The largest absolute Gasteiger partial charge is 0.491 e. The van der Waals surface area contributed by atoms with Crippen LogP contribution >= 0.6 is 0 Å². The lowest BCUT2D eigenvalue weighted by molar-refractivity contribution is 0.0363. The second kappa shape index (κ2) is 5.00. The van der Waals surface area contributed by atoms with Crippen molar-refractivity contribution < 1.29 is 14.3 Å². The van der Waals surface area contributed by atoms with E-state index in [-0.39, 0.29) is 18.1 Å². The predicted molar refractivity (Wildman–Crippen MR) is 72.9 cm³/mol. The molecule has 0 saturated carbocycles. The van der Waals surface area contributed by atoms with E-state index in [2.05, 4.69) is 4.98 Å². The Morgan fingerprint density at radius 3 is 3.05 bits per heavy atom. The van der Waals surface area contributed by atoms with Crippen LogP contribution in [0.1, 0.15) is 35.9 Å². The quantitative estimate of drug-likeness (QED) is 0.805. The van der Waals surface area contributed by atoms with E-state index in [0.717, 1.165) is 11.3 Å². The van der Waals surface area contributed by atoms with Crippen LogP contribution in [0.5, 0.6) is 5.75 Å². The standard InChI is InChI=1S/C15H16N2O3/c1-10(2)20-15(18)12-7-16-9-17(12)13-8-19-14-6-4-3-5-11(13)14/h3-7,9-10,13H,8H2,1-2H3. The minimum absolute atomic E-state index is 0.0385. The van der Waals surface area contributed by atoms with E-state index in [1.807, 2.05) is 42.7 Å². The van der Waals surface area contributed by atoms with Crippen LogP contribution in [0.3, 0.4) is 0 Å². The van der Waals surface area contributed by atoms with Gasteiger partial charge in [0.05, 0.1) is 24.7 Å². The van der Waals surface area contributed by atoms with E-state index >= 15 is 0 Å². The van der Waals surface area contributed by atoms with Crippen molar-refractivity contribution >= 4 is 5.97 Å². The summed E-state index contributed by atoms with van der Waals surface area (Å²) in [5.74, 6) is 0.497. The van der Waals surface area contributed by atoms with Gasteiger partial charge in [0.1, 0.15) is 18.1 Å². The molecule has 1 aromatic heterocycles. The highest BCUT2D eigenvalue weighted by Crippen LogP contribution is 2.35. The fourth-order valence-electron chi connectivity index (χ4n) is 2.36. The molecule has 0 bridgehead atoms. The molecule has 3 rings (SSSR count). The fourth-order valence-corrected chi connectivity index (χ4v) is 2.36. The lowest BCUT2D eigenvalue weighted by Gasteiger charge is -2.15. The predicted octanol–water partition coefficient (Wildman–Crippen LogP) is 2.43. The zero-order valence-electron chi connectivity index (χ0n) is 11.4. The molecule has 104 valence electrons. The van der Waals surface area contributed by atoms with Crippen molar-refractivity contribution in [1.82, 2.24) is 9.55 Å². The van der Waals surface area contributed by atoms with Crippen LogP contribution in [0, 0.1) is 0 Å². The number of nitrogens with zero attached hydrogens (tertiary/aromatic N) is 2. The molecule has 0 spiro atoms. The molecule has 0 fully saturated rings. The van der Waals surface area contributed by atoms with Crippen LogP contribution in [0.15, 0.2) is 36.8 Å². The van der Waals surface area contributed by atoms with E-state index in [1.165, 1.54) is 6.20 Å². The zero-order valence-corrected chi connectivity index (χ0v) is 11.4. The number of para-hydroxylation sites is 1. The van der Waals surface area contributed by atoms with Crippen molar-refractivity contribution in [3.63, 3.8) is 0 Å². The Morgan fingerprint density at radius 2 is 2.25 bits per heavy atom. The second-order valence-corrected chi connectivity index (χ2v) is 5.00. The second-order valence-electron chi connectivity index (χ2n) is 5.00. The topological polar surface area (TPSA) is 53.3 Å². The third-order valence-electron chi connectivity index (χ3n) is 3.23. The van der Waals surface area contributed by atoms with E-state index in [4.69, 9.17) is 9.47 Å². The molecule has 5 heteroatoms. The lowest BCUT2D eigenvalue weighted by atomic mass is 10.1. The SMILES string of the molecule is CC(C)OC(=O)c1cncn1C1COc2ccccc21. The van der Waals surface area contributed by atoms with Crippen LogP contribution in [-0.2, 0) is 4.74 Å². The number of imidazole rings is 1. The molecule has 1 aliphatic rings. The van der Waals surface area contributed by atoms with Crippen molar-refractivity contribution in [2.24, 2.45) is 0 Å². The molecule has 1 unspecified atom stereocenters. The normalized spacial score (nSPS) is 16.9. The van der Waals surface area contributed by atoms with Gasteiger partial charge in [-0.1, -0.05) is 18.2 Å². The summed E-state index contributed by atoms with van der Waals surface area (Å²) in [7, 11) is 0. The van der Waals surface area contributed by atoms with Crippen LogP contribution in [0.4, 0.5) is 0 Å². The number of carbonyl (C=O) groups is 1. The molecule has 1 aliphatic heterocycles. The third-order valence-corrected chi connectivity index (χ3v) is 3.23. The number of rotatable bonds is 3. The molecular weight excluding hydrogens is 256 g/mol. The summed E-state index contributed by atoms with van der Waals surface area (Å²) in [6.45, 7) is 4.15. The molecule has 20 heavy (non-hydrogen) atoms. The van der Waals surface area contributed by atoms with E-state index in [0.29, 0.717) is 12.3 Å². The maximum Gasteiger partial charge on any atom is 0.356 e. The van der Waals surface area contributed by atoms with Crippen molar-refractivity contribution in [3.05, 3.63) is 48.0 Å². The molecular formula is C15H16N2O3. The molecule has 0 amide bonds. The molecule has 5 nitrogen and oxygen atoms in total. The van der Waals surface area contributed by atoms with Gasteiger partial charge in [-0.15, -0.1) is 0 Å². The monoisotopic (exact) mass is 272 g/mol. The minimum atomic E-state index is -0.359. The lowest BCUT2D eigenvalue weighted by Crippen LogP contribution is -2.20. The average molecular weight is 272 g/mol. The first-order valence-electron chi connectivity index (χ1n) is 6.61. The van der Waals surface area contributed by atoms with E-state index in [1.54, 1.807) is 6.33 Å². The van der Waals surface area contributed by atoms with Gasteiger partial charge in [-0.05, 0) is 19.9 Å². The molecule has 2 heterocycles. The maximum absolute atomic E-state index is 12.1. The molecule has 1 aromatic carbocycles. The van der Waals surface area contributed by atoms with Gasteiger partial charge >= 0.3 is 5.97 Å². The average Bonchev–Trinajstić information content (AvgIpc) is 3.03. The van der Waals surface area contributed by atoms with Gasteiger partial charge < -0.3 is 14.0 Å². The number of carbonyl (C=O) groups excluding carboxylic acids is 1. The summed E-state index contributed by atoms with van der Waals surface area (Å²) >= 11 is 0. The van der Waals surface area contributed by atoms with Crippen molar-refractivity contribution in [1.29, 1.82) is 0 Å². The highest BCUT2D eigenvalue weighted by Gasteiger charge is 2.28. The number of ether oxygens (including phenoxy) is 2. The van der Waals surface area contributed by atoms with Crippen molar-refractivity contribution in [2.75, 3.05) is 6.61 Å². The third kappa shape index (κ3) is 2.15. The van der Waals surface area contributed by atoms with Crippen LogP contribution < -0.4 is 4.74 Å². The van der Waals surface area contributed by atoms with Gasteiger partial charge in [0.25, 0.3) is 0 Å². The Balaban J connectivity index is 1.93. The Kier molecular flexibility index (Phi) is 3.18. The summed E-state index contributed by atoms with van der Waals surface area (Å²) in [6, 6.07) is 7.79. The van der Waals surface area contributed by atoms with Crippen molar-refractivity contribution in [2.45, 2.75) is 26.0 Å². The Labute approximate surface area is 117 Å². The number of hydrogen-bond donors (Lipinski definition) is 0. The van der Waals surface area contributed by atoms with Crippen LogP contribution in [0.25, 0.3) is 0 Å². The molecule has 0 radical (unpaired) electrons. The van der Waals surface area contributed by atoms with Crippen LogP contribution in [-0.4, -0.2) is 28.2 Å². The minimum Gasteiger partial charge on any atom is -0.491 e. The molecule has 1 atom stereocenters. The Bertz CT molecular complexity index is 634. The van der Waals surface area contributed by atoms with Gasteiger partial charge in [0.15, 0.2) is 0 Å². The smallest absolute Gasteiger partial charge is 0.356 e. The van der Waals surface area contributed by atoms with Crippen LogP contribution in [0.2, 0.25) is 0 Å². The number of hydrogen-bond acceptors (Lipinski definition) is 4. The fraction of sp³-hybridized carbons (Fsp3) is 0.333. The number of aromatic nitrogens is 2.